The average molecular weight is 244 g/mol. The monoisotopic (exact) mass is 244 g/mol. The number of hydrogen-bond acceptors (Lipinski definition) is 3. The summed E-state index contributed by atoms with van der Waals surface area (Å²) in [4.78, 5) is 13.4. The summed E-state index contributed by atoms with van der Waals surface area (Å²) >= 11 is 0. The summed E-state index contributed by atoms with van der Waals surface area (Å²) in [6.07, 6.45) is 3.91. The highest BCUT2D eigenvalue weighted by molar-refractivity contribution is 5.76. The number of benzene rings is 1. The second-order valence-corrected chi connectivity index (χ2v) is 4.60. The van der Waals surface area contributed by atoms with E-state index in [-0.39, 0.29) is 5.78 Å². The van der Waals surface area contributed by atoms with Gasteiger partial charge >= 0.3 is 0 Å². The van der Waals surface area contributed by atoms with Crippen molar-refractivity contribution in [3.05, 3.63) is 42.1 Å². The van der Waals surface area contributed by atoms with Gasteiger partial charge in [0.15, 0.2) is 0 Å². The quantitative estimate of drug-likeness (QED) is 0.863. The van der Waals surface area contributed by atoms with Crippen molar-refractivity contribution in [3.63, 3.8) is 0 Å². The van der Waals surface area contributed by atoms with E-state index < -0.39 is 0 Å². The summed E-state index contributed by atoms with van der Waals surface area (Å²) in [6, 6.07) is 10.3. The summed E-state index contributed by atoms with van der Waals surface area (Å²) in [5.74, 6) is 0.236. The van der Waals surface area contributed by atoms with Crippen molar-refractivity contribution in [1.29, 1.82) is 0 Å². The van der Waals surface area contributed by atoms with E-state index in [0.717, 1.165) is 31.7 Å². The van der Waals surface area contributed by atoms with E-state index in [4.69, 9.17) is 0 Å². The fourth-order valence-electron chi connectivity index (χ4n) is 2.15. The van der Waals surface area contributed by atoms with Crippen molar-refractivity contribution in [1.82, 2.24) is 5.32 Å². The molecular formula is C15H20N2O. The van der Waals surface area contributed by atoms with Crippen molar-refractivity contribution < 1.29 is 4.79 Å². The third-order valence-electron chi connectivity index (χ3n) is 3.11. The van der Waals surface area contributed by atoms with E-state index >= 15 is 0 Å². The van der Waals surface area contributed by atoms with Gasteiger partial charge in [-0.2, -0.15) is 0 Å². The SMILES string of the molecule is CC(=O)CCN(C1=CCCNC1)c1ccccc1. The molecule has 0 amide bonds. The van der Waals surface area contributed by atoms with Crippen molar-refractivity contribution in [2.45, 2.75) is 19.8 Å². The zero-order chi connectivity index (χ0) is 12.8. The lowest BCUT2D eigenvalue weighted by Crippen LogP contribution is -2.34. The lowest BCUT2D eigenvalue weighted by molar-refractivity contribution is -0.116. The maximum absolute atomic E-state index is 11.2. The number of ketones is 1. The van der Waals surface area contributed by atoms with Crippen LogP contribution in [-0.2, 0) is 4.79 Å². The van der Waals surface area contributed by atoms with E-state index in [0.29, 0.717) is 6.42 Å². The first kappa shape index (κ1) is 12.8. The fourth-order valence-corrected chi connectivity index (χ4v) is 2.15. The molecule has 0 atom stereocenters. The van der Waals surface area contributed by atoms with E-state index in [1.807, 2.05) is 18.2 Å². The number of hydrogen-bond donors (Lipinski definition) is 1. The van der Waals surface area contributed by atoms with Crippen molar-refractivity contribution in [2.75, 3.05) is 24.5 Å². The molecule has 0 unspecified atom stereocenters. The molecule has 2 rings (SSSR count). The molecule has 0 saturated carbocycles. The Morgan fingerprint density at radius 1 is 1.33 bits per heavy atom. The molecule has 1 N–H and O–H groups in total. The van der Waals surface area contributed by atoms with Crippen LogP contribution in [0.4, 0.5) is 5.69 Å². The van der Waals surface area contributed by atoms with E-state index in [9.17, 15) is 4.79 Å². The van der Waals surface area contributed by atoms with E-state index in [1.54, 1.807) is 6.92 Å². The minimum Gasteiger partial charge on any atom is -0.344 e. The Morgan fingerprint density at radius 3 is 2.72 bits per heavy atom. The Hall–Kier alpha value is -1.61. The van der Waals surface area contributed by atoms with Crippen molar-refractivity contribution in [2.24, 2.45) is 0 Å². The first-order chi connectivity index (χ1) is 8.77. The fraction of sp³-hybridized carbons (Fsp3) is 0.400. The molecule has 0 saturated heterocycles. The molecule has 1 aliphatic rings. The van der Waals surface area contributed by atoms with Gasteiger partial charge < -0.3 is 10.2 Å². The van der Waals surface area contributed by atoms with Crippen LogP contribution < -0.4 is 10.2 Å². The number of Topliss-reactive ketones (excluding diaryl/α,β-unsaturated/α-hetero) is 1. The number of nitrogens with zero attached hydrogens (tertiary/aromatic N) is 1. The molecule has 1 heterocycles. The predicted octanol–water partition coefficient (Wildman–Crippen LogP) is 2.35. The van der Waals surface area contributed by atoms with Gasteiger partial charge in [-0.1, -0.05) is 24.3 Å². The van der Waals surface area contributed by atoms with Gasteiger partial charge in [-0.3, -0.25) is 4.79 Å². The molecule has 3 heteroatoms. The molecular weight excluding hydrogens is 224 g/mol. The number of nitrogens with one attached hydrogen (secondary N) is 1. The number of carbonyl (C=O) groups excluding carboxylic acids is 1. The van der Waals surface area contributed by atoms with E-state index in [2.05, 4.69) is 28.4 Å². The van der Waals surface area contributed by atoms with E-state index in [1.165, 1.54) is 5.70 Å². The number of rotatable bonds is 5. The lowest BCUT2D eigenvalue weighted by Gasteiger charge is -2.29. The van der Waals surface area contributed by atoms with Crippen LogP contribution in [0.3, 0.4) is 0 Å². The Labute approximate surface area is 108 Å². The van der Waals surface area contributed by atoms with Crippen LogP contribution in [0, 0.1) is 0 Å². The third kappa shape index (κ3) is 3.44. The molecule has 1 aromatic carbocycles. The molecule has 0 radical (unpaired) electrons. The highest BCUT2D eigenvalue weighted by Gasteiger charge is 2.14. The highest BCUT2D eigenvalue weighted by Crippen LogP contribution is 2.20. The average Bonchev–Trinajstić information content (AvgIpc) is 2.41. The molecule has 96 valence electrons. The van der Waals surface area contributed by atoms with Gasteiger partial charge in [0.2, 0.25) is 0 Å². The summed E-state index contributed by atoms with van der Waals surface area (Å²) < 4.78 is 0. The van der Waals surface area contributed by atoms with Crippen LogP contribution in [-0.4, -0.2) is 25.4 Å². The standard InChI is InChI=1S/C15H20N2O/c1-13(18)9-11-17(14-6-3-2-4-7-14)15-8-5-10-16-12-15/h2-4,6-8,16H,5,9-12H2,1H3. The Kier molecular flexibility index (Phi) is 4.53. The molecule has 1 aromatic rings. The van der Waals surface area contributed by atoms with Crippen LogP contribution in [0.1, 0.15) is 19.8 Å². The van der Waals surface area contributed by atoms with Gasteiger partial charge in [0.05, 0.1) is 0 Å². The third-order valence-corrected chi connectivity index (χ3v) is 3.11. The maximum atomic E-state index is 11.2. The normalized spacial score (nSPS) is 15.1. The number of anilines is 1. The van der Waals surface area contributed by atoms with Gasteiger partial charge in [-0.15, -0.1) is 0 Å². The maximum Gasteiger partial charge on any atom is 0.131 e. The Balaban J connectivity index is 2.17. The predicted molar refractivity (Wildman–Crippen MR) is 74.7 cm³/mol. The molecule has 3 nitrogen and oxygen atoms in total. The summed E-state index contributed by atoms with van der Waals surface area (Å²) in [5, 5.41) is 3.38. The molecule has 1 aliphatic heterocycles. The summed E-state index contributed by atoms with van der Waals surface area (Å²) in [6.45, 7) is 4.33. The first-order valence-electron chi connectivity index (χ1n) is 6.49. The molecule has 18 heavy (non-hydrogen) atoms. The topological polar surface area (TPSA) is 32.3 Å². The zero-order valence-corrected chi connectivity index (χ0v) is 10.9. The first-order valence-corrected chi connectivity index (χ1v) is 6.49. The molecule has 0 aliphatic carbocycles. The van der Waals surface area contributed by atoms with Crippen molar-refractivity contribution in [3.8, 4) is 0 Å². The lowest BCUT2D eigenvalue weighted by atomic mass is 10.1. The zero-order valence-electron chi connectivity index (χ0n) is 10.9. The second-order valence-electron chi connectivity index (χ2n) is 4.60. The smallest absolute Gasteiger partial charge is 0.131 e. The minimum absolute atomic E-state index is 0.236. The number of para-hydroxylation sites is 1. The highest BCUT2D eigenvalue weighted by atomic mass is 16.1. The van der Waals surface area contributed by atoms with Crippen LogP contribution >= 0.6 is 0 Å². The molecule has 0 bridgehead atoms. The summed E-state index contributed by atoms with van der Waals surface area (Å²) in [7, 11) is 0. The molecule has 0 aromatic heterocycles. The number of carbonyl (C=O) groups is 1. The van der Waals surface area contributed by atoms with Crippen LogP contribution in [0.5, 0.6) is 0 Å². The minimum atomic E-state index is 0.236. The van der Waals surface area contributed by atoms with Crippen LogP contribution in [0.2, 0.25) is 0 Å². The molecule has 0 fully saturated rings. The van der Waals surface area contributed by atoms with Gasteiger partial charge in [-0.25, -0.2) is 0 Å². The van der Waals surface area contributed by atoms with Gasteiger partial charge in [0, 0.05) is 30.9 Å². The second kappa shape index (κ2) is 6.36. The van der Waals surface area contributed by atoms with Gasteiger partial charge in [0.1, 0.15) is 5.78 Å². The Bertz CT molecular complexity index is 425. The van der Waals surface area contributed by atoms with Gasteiger partial charge in [-0.05, 0) is 32.0 Å². The Morgan fingerprint density at radius 2 is 2.11 bits per heavy atom. The largest absolute Gasteiger partial charge is 0.344 e. The van der Waals surface area contributed by atoms with Crippen LogP contribution in [0.15, 0.2) is 42.1 Å². The van der Waals surface area contributed by atoms with Crippen LogP contribution in [0.25, 0.3) is 0 Å². The van der Waals surface area contributed by atoms with Crippen molar-refractivity contribution >= 4 is 11.5 Å². The molecule has 0 spiro atoms. The van der Waals surface area contributed by atoms with Gasteiger partial charge in [0.25, 0.3) is 0 Å². The summed E-state index contributed by atoms with van der Waals surface area (Å²) in [5.41, 5.74) is 2.43.